The quantitative estimate of drug-likeness (QED) is 0.781. The number of anilines is 1. The number of aromatic nitrogens is 3. The molecule has 0 aliphatic carbocycles. The van der Waals surface area contributed by atoms with Gasteiger partial charge in [0.25, 0.3) is 0 Å². The zero-order valence-corrected chi connectivity index (χ0v) is 17.3. The fourth-order valence-corrected chi connectivity index (χ4v) is 5.46. The summed E-state index contributed by atoms with van der Waals surface area (Å²) in [5.74, 6) is 0.834. The lowest BCUT2D eigenvalue weighted by molar-refractivity contribution is -0.00584. The first-order valence-electron chi connectivity index (χ1n) is 10.1. The molecule has 0 bridgehead atoms. The minimum absolute atomic E-state index is 0.0357. The summed E-state index contributed by atoms with van der Waals surface area (Å²) in [6.07, 6.45) is 5.32. The average Bonchev–Trinajstić information content (AvgIpc) is 3.32. The van der Waals surface area contributed by atoms with E-state index in [1.54, 1.807) is 11.3 Å². The Hall–Kier alpha value is -1.61. The first kappa shape index (κ1) is 18.4. The topological polar surface area (TPSA) is 63.6 Å². The second kappa shape index (κ2) is 7.33. The summed E-state index contributed by atoms with van der Waals surface area (Å²) in [5, 5.41) is 3.22. The Kier molecular flexibility index (Phi) is 4.82. The number of hydrogen-bond acceptors (Lipinski definition) is 8. The third-order valence-corrected chi connectivity index (χ3v) is 6.73. The van der Waals surface area contributed by atoms with Gasteiger partial charge in [0.1, 0.15) is 5.01 Å². The van der Waals surface area contributed by atoms with Crippen molar-refractivity contribution in [2.24, 2.45) is 0 Å². The fraction of sp³-hybridized carbons (Fsp3) is 0.650. The fourth-order valence-electron chi connectivity index (χ4n) is 4.81. The molecule has 8 heteroatoms. The lowest BCUT2D eigenvalue weighted by Gasteiger charge is -2.38. The summed E-state index contributed by atoms with van der Waals surface area (Å²) in [6, 6.07) is 0. The second-order valence-corrected chi connectivity index (χ2v) is 9.34. The van der Waals surface area contributed by atoms with Crippen LogP contribution in [0.4, 0.5) is 5.95 Å². The third-order valence-electron chi connectivity index (χ3n) is 5.97. The molecule has 150 valence electrons. The number of rotatable bonds is 3. The molecule has 3 aliphatic heterocycles. The number of morpholine rings is 1. The van der Waals surface area contributed by atoms with Crippen molar-refractivity contribution < 1.29 is 9.47 Å². The van der Waals surface area contributed by atoms with Crippen LogP contribution in [0.15, 0.2) is 17.8 Å². The average molecular weight is 402 g/mol. The molecule has 5 heterocycles. The molecule has 3 atom stereocenters. The molecule has 3 aliphatic rings. The van der Waals surface area contributed by atoms with Crippen molar-refractivity contribution in [3.8, 4) is 0 Å². The summed E-state index contributed by atoms with van der Waals surface area (Å²) in [5.41, 5.74) is 2.30. The standard InChI is InChI=1S/C20H27N5O2S/c1-14-8-25(9-15(2)27-14)19-22-7-16-11-26-13-20(18(16)23-19)3-5-24(12-20)10-17-21-4-6-28-17/h4,6-7,14-15H,3,5,8-13H2,1-2H3/t14-,15-,20-/m1/s1. The molecule has 2 aromatic heterocycles. The van der Waals surface area contributed by atoms with E-state index in [0.29, 0.717) is 6.61 Å². The van der Waals surface area contributed by atoms with Crippen molar-refractivity contribution in [3.05, 3.63) is 34.0 Å². The van der Waals surface area contributed by atoms with Gasteiger partial charge in [-0.15, -0.1) is 11.3 Å². The minimum atomic E-state index is -0.0357. The molecule has 28 heavy (non-hydrogen) atoms. The van der Waals surface area contributed by atoms with E-state index in [2.05, 4.69) is 33.6 Å². The zero-order valence-electron chi connectivity index (χ0n) is 16.5. The normalized spacial score (nSPS) is 30.7. The third kappa shape index (κ3) is 3.43. The summed E-state index contributed by atoms with van der Waals surface area (Å²) < 4.78 is 11.9. The molecular weight excluding hydrogens is 374 g/mol. The van der Waals surface area contributed by atoms with Gasteiger partial charge in [-0.3, -0.25) is 4.90 Å². The van der Waals surface area contributed by atoms with Gasteiger partial charge in [0, 0.05) is 43.0 Å². The molecule has 2 fully saturated rings. The highest BCUT2D eigenvalue weighted by Crippen LogP contribution is 2.40. The lowest BCUT2D eigenvalue weighted by Crippen LogP contribution is -2.47. The summed E-state index contributed by atoms with van der Waals surface area (Å²) >= 11 is 1.72. The van der Waals surface area contributed by atoms with E-state index in [4.69, 9.17) is 14.5 Å². The Labute approximate surface area is 169 Å². The van der Waals surface area contributed by atoms with E-state index in [1.807, 2.05) is 17.8 Å². The molecule has 0 N–H and O–H groups in total. The van der Waals surface area contributed by atoms with Crippen molar-refractivity contribution >= 4 is 17.3 Å². The van der Waals surface area contributed by atoms with Gasteiger partial charge in [0.2, 0.25) is 5.95 Å². The number of thiazole rings is 1. The highest BCUT2D eigenvalue weighted by atomic mass is 32.1. The largest absolute Gasteiger partial charge is 0.376 e. The van der Waals surface area contributed by atoms with Crippen LogP contribution in [-0.2, 0) is 28.0 Å². The molecular formula is C20H27N5O2S. The van der Waals surface area contributed by atoms with E-state index in [9.17, 15) is 0 Å². The molecule has 0 aromatic carbocycles. The Balaban J connectivity index is 1.41. The number of hydrogen-bond donors (Lipinski definition) is 0. The van der Waals surface area contributed by atoms with Gasteiger partial charge in [-0.25, -0.2) is 15.0 Å². The maximum Gasteiger partial charge on any atom is 0.225 e. The maximum absolute atomic E-state index is 5.98. The van der Waals surface area contributed by atoms with E-state index < -0.39 is 0 Å². The molecule has 0 radical (unpaired) electrons. The van der Waals surface area contributed by atoms with Crippen LogP contribution in [0.2, 0.25) is 0 Å². The Morgan fingerprint density at radius 3 is 2.89 bits per heavy atom. The van der Waals surface area contributed by atoms with Gasteiger partial charge < -0.3 is 14.4 Å². The molecule has 0 saturated carbocycles. The van der Waals surface area contributed by atoms with E-state index >= 15 is 0 Å². The van der Waals surface area contributed by atoms with Gasteiger partial charge in [0.15, 0.2) is 0 Å². The van der Waals surface area contributed by atoms with Crippen LogP contribution in [0.1, 0.15) is 36.5 Å². The molecule has 0 unspecified atom stereocenters. The van der Waals surface area contributed by atoms with Crippen LogP contribution < -0.4 is 4.90 Å². The van der Waals surface area contributed by atoms with Crippen molar-refractivity contribution in [3.63, 3.8) is 0 Å². The minimum Gasteiger partial charge on any atom is -0.376 e. The van der Waals surface area contributed by atoms with Gasteiger partial charge in [-0.05, 0) is 26.8 Å². The Morgan fingerprint density at radius 2 is 2.11 bits per heavy atom. The van der Waals surface area contributed by atoms with Gasteiger partial charge in [-0.1, -0.05) is 0 Å². The van der Waals surface area contributed by atoms with Crippen LogP contribution in [0, 0.1) is 0 Å². The predicted octanol–water partition coefficient (Wildman–Crippen LogP) is 2.22. The highest BCUT2D eigenvalue weighted by Gasteiger charge is 2.45. The SMILES string of the molecule is C[C@@H]1CN(c2ncc3c(n2)[C@@]2(CCN(Cc4nccs4)C2)COC3)C[C@@H](C)O1. The van der Waals surface area contributed by atoms with Gasteiger partial charge >= 0.3 is 0 Å². The van der Waals surface area contributed by atoms with Crippen LogP contribution in [0.3, 0.4) is 0 Å². The van der Waals surface area contributed by atoms with E-state index in [1.165, 1.54) is 10.7 Å². The maximum atomic E-state index is 5.98. The van der Waals surface area contributed by atoms with E-state index in [0.717, 1.165) is 57.3 Å². The second-order valence-electron chi connectivity index (χ2n) is 8.37. The number of likely N-dealkylation sites (tertiary alicyclic amines) is 1. The summed E-state index contributed by atoms with van der Waals surface area (Å²) in [6.45, 7) is 10.2. The Bertz CT molecular complexity index is 822. The van der Waals surface area contributed by atoms with Crippen molar-refractivity contribution in [2.45, 2.75) is 51.0 Å². The highest BCUT2D eigenvalue weighted by molar-refractivity contribution is 7.09. The molecule has 7 nitrogen and oxygen atoms in total. The first-order valence-corrected chi connectivity index (χ1v) is 10.9. The Morgan fingerprint density at radius 1 is 1.25 bits per heavy atom. The number of fused-ring (bicyclic) bond motifs is 2. The van der Waals surface area contributed by atoms with Crippen LogP contribution in [-0.4, -0.2) is 64.8 Å². The molecule has 2 aromatic rings. The molecule has 1 spiro atoms. The van der Waals surface area contributed by atoms with Gasteiger partial charge in [-0.2, -0.15) is 0 Å². The van der Waals surface area contributed by atoms with Crippen LogP contribution in [0.5, 0.6) is 0 Å². The number of ether oxygens (including phenoxy) is 2. The van der Waals surface area contributed by atoms with Crippen LogP contribution in [0.25, 0.3) is 0 Å². The van der Waals surface area contributed by atoms with Crippen molar-refractivity contribution in [1.82, 2.24) is 19.9 Å². The van der Waals surface area contributed by atoms with E-state index in [-0.39, 0.29) is 17.6 Å². The molecule has 5 rings (SSSR count). The van der Waals surface area contributed by atoms with Crippen molar-refractivity contribution in [2.75, 3.05) is 37.7 Å². The zero-order chi connectivity index (χ0) is 19.1. The summed E-state index contributed by atoms with van der Waals surface area (Å²) in [7, 11) is 0. The number of nitrogens with zero attached hydrogens (tertiary/aromatic N) is 5. The van der Waals surface area contributed by atoms with Gasteiger partial charge in [0.05, 0.1) is 43.1 Å². The summed E-state index contributed by atoms with van der Waals surface area (Å²) in [4.78, 5) is 19.0. The lowest BCUT2D eigenvalue weighted by atomic mass is 9.80. The smallest absolute Gasteiger partial charge is 0.225 e. The predicted molar refractivity (Wildman–Crippen MR) is 108 cm³/mol. The monoisotopic (exact) mass is 401 g/mol. The first-order chi connectivity index (χ1) is 13.6. The van der Waals surface area contributed by atoms with Crippen LogP contribution >= 0.6 is 11.3 Å². The van der Waals surface area contributed by atoms with Crippen molar-refractivity contribution in [1.29, 1.82) is 0 Å². The molecule has 0 amide bonds. The molecule has 2 saturated heterocycles.